The second kappa shape index (κ2) is 5.50. The molecule has 0 heterocycles. The van der Waals surface area contributed by atoms with Crippen LogP contribution in [-0.2, 0) is 10.5 Å². The number of thiol groups is 1. The van der Waals surface area contributed by atoms with Crippen molar-refractivity contribution in [2.75, 3.05) is 0 Å². The lowest BCUT2D eigenvalue weighted by Gasteiger charge is -2.15. The average Bonchev–Trinajstić information content (AvgIpc) is 2.26. The standard InChI is InChI=1S/C14H18O2S/c1-14(2,3)8-12(15)13(16)11-6-4-10(9-17)5-7-11/h4-7,17H,8-9H2,1-3H3. The maximum Gasteiger partial charge on any atom is 0.228 e. The molecule has 0 N–H and O–H groups in total. The second-order valence-electron chi connectivity index (χ2n) is 5.34. The zero-order valence-corrected chi connectivity index (χ0v) is 11.4. The number of carbonyl (C=O) groups excluding carboxylic acids is 2. The summed E-state index contributed by atoms with van der Waals surface area (Å²) in [5.74, 6) is -0.0912. The molecule has 1 aromatic rings. The number of Topliss-reactive ketones (excluding diaryl/α,β-unsaturated/α-hetero) is 2. The Labute approximate surface area is 108 Å². The van der Waals surface area contributed by atoms with Gasteiger partial charge in [0, 0.05) is 17.7 Å². The van der Waals surface area contributed by atoms with E-state index in [1.54, 1.807) is 12.1 Å². The van der Waals surface area contributed by atoms with Gasteiger partial charge in [0.15, 0.2) is 0 Å². The number of carbonyl (C=O) groups is 2. The molecule has 1 rings (SSSR count). The minimum absolute atomic E-state index is 0.155. The molecule has 0 radical (unpaired) electrons. The number of hydrogen-bond donors (Lipinski definition) is 1. The SMILES string of the molecule is CC(C)(C)CC(=O)C(=O)c1ccc(CS)cc1. The Hall–Kier alpha value is -1.09. The van der Waals surface area contributed by atoms with Crippen molar-refractivity contribution in [1.29, 1.82) is 0 Å². The van der Waals surface area contributed by atoms with Crippen molar-refractivity contribution in [3.8, 4) is 0 Å². The van der Waals surface area contributed by atoms with Gasteiger partial charge in [-0.3, -0.25) is 9.59 Å². The highest BCUT2D eigenvalue weighted by Gasteiger charge is 2.22. The zero-order valence-electron chi connectivity index (χ0n) is 10.5. The van der Waals surface area contributed by atoms with E-state index in [-0.39, 0.29) is 17.6 Å². The molecule has 1 aromatic carbocycles. The van der Waals surface area contributed by atoms with E-state index in [9.17, 15) is 9.59 Å². The molecule has 0 unspecified atom stereocenters. The highest BCUT2D eigenvalue weighted by atomic mass is 32.1. The molecule has 0 saturated heterocycles. The molecule has 2 nitrogen and oxygen atoms in total. The van der Waals surface area contributed by atoms with Gasteiger partial charge in [-0.1, -0.05) is 45.0 Å². The van der Waals surface area contributed by atoms with E-state index in [1.165, 1.54) is 0 Å². The number of ketones is 2. The zero-order chi connectivity index (χ0) is 13.1. The molecule has 0 saturated carbocycles. The summed E-state index contributed by atoms with van der Waals surface area (Å²) in [6.07, 6.45) is 0.278. The molecule has 0 spiro atoms. The van der Waals surface area contributed by atoms with Crippen LogP contribution in [0.15, 0.2) is 24.3 Å². The maximum absolute atomic E-state index is 11.9. The molecule has 92 valence electrons. The van der Waals surface area contributed by atoms with Crippen molar-refractivity contribution < 1.29 is 9.59 Å². The Morgan fingerprint density at radius 2 is 1.65 bits per heavy atom. The summed E-state index contributed by atoms with van der Waals surface area (Å²) in [7, 11) is 0. The summed E-state index contributed by atoms with van der Waals surface area (Å²) in [6, 6.07) is 7.03. The maximum atomic E-state index is 11.9. The molecule has 0 amide bonds. The van der Waals surface area contributed by atoms with Crippen LogP contribution >= 0.6 is 12.6 Å². The molecular weight excluding hydrogens is 232 g/mol. The van der Waals surface area contributed by atoms with E-state index in [0.29, 0.717) is 11.3 Å². The summed E-state index contributed by atoms with van der Waals surface area (Å²) in [6.45, 7) is 5.84. The van der Waals surface area contributed by atoms with Crippen LogP contribution in [0, 0.1) is 5.41 Å². The van der Waals surface area contributed by atoms with Crippen LogP contribution < -0.4 is 0 Å². The molecule has 0 aliphatic carbocycles. The van der Waals surface area contributed by atoms with Crippen LogP contribution in [0.1, 0.15) is 43.1 Å². The van der Waals surface area contributed by atoms with E-state index < -0.39 is 5.78 Å². The van der Waals surface area contributed by atoms with Crippen molar-refractivity contribution in [1.82, 2.24) is 0 Å². The largest absolute Gasteiger partial charge is 0.290 e. The quantitative estimate of drug-likeness (QED) is 0.505. The fourth-order valence-electron chi connectivity index (χ4n) is 1.48. The fraction of sp³-hybridized carbons (Fsp3) is 0.429. The Bertz CT molecular complexity index is 413. The fourth-order valence-corrected chi connectivity index (χ4v) is 1.70. The number of hydrogen-bond acceptors (Lipinski definition) is 3. The van der Waals surface area contributed by atoms with Crippen molar-refractivity contribution in [3.63, 3.8) is 0 Å². The third kappa shape index (κ3) is 4.35. The van der Waals surface area contributed by atoms with Gasteiger partial charge in [-0.05, 0) is 11.0 Å². The molecule has 17 heavy (non-hydrogen) atoms. The predicted octanol–water partition coefficient (Wildman–Crippen LogP) is 3.30. The van der Waals surface area contributed by atoms with Gasteiger partial charge < -0.3 is 0 Å². The summed E-state index contributed by atoms with van der Waals surface area (Å²) in [5.41, 5.74) is 1.34. The lowest BCUT2D eigenvalue weighted by Crippen LogP contribution is -2.21. The Balaban J connectivity index is 2.78. The van der Waals surface area contributed by atoms with Crippen LogP contribution in [0.3, 0.4) is 0 Å². The molecule has 0 aromatic heterocycles. The third-order valence-corrected chi connectivity index (χ3v) is 2.71. The van der Waals surface area contributed by atoms with E-state index in [4.69, 9.17) is 0 Å². The molecule has 3 heteroatoms. The first kappa shape index (κ1) is 14.0. The first-order valence-electron chi connectivity index (χ1n) is 5.61. The smallest absolute Gasteiger partial charge is 0.228 e. The summed E-state index contributed by atoms with van der Waals surface area (Å²) in [5, 5.41) is 0. The van der Waals surface area contributed by atoms with Gasteiger partial charge in [0.2, 0.25) is 11.6 Å². The molecule has 0 aliphatic heterocycles. The van der Waals surface area contributed by atoms with E-state index in [1.807, 2.05) is 32.9 Å². The van der Waals surface area contributed by atoms with Crippen LogP contribution in [0.25, 0.3) is 0 Å². The third-order valence-electron chi connectivity index (χ3n) is 2.34. The Morgan fingerprint density at radius 1 is 1.12 bits per heavy atom. The van der Waals surface area contributed by atoms with Crippen molar-refractivity contribution in [2.24, 2.45) is 5.41 Å². The molecular formula is C14H18O2S. The van der Waals surface area contributed by atoms with Crippen LogP contribution in [0.2, 0.25) is 0 Å². The second-order valence-corrected chi connectivity index (χ2v) is 5.66. The molecule has 0 bridgehead atoms. The van der Waals surface area contributed by atoms with Crippen molar-refractivity contribution in [2.45, 2.75) is 32.9 Å². The molecule has 0 aliphatic rings. The van der Waals surface area contributed by atoms with Gasteiger partial charge in [0.25, 0.3) is 0 Å². The average molecular weight is 250 g/mol. The predicted molar refractivity (Wildman–Crippen MR) is 72.5 cm³/mol. The van der Waals surface area contributed by atoms with Gasteiger partial charge >= 0.3 is 0 Å². The lowest BCUT2D eigenvalue weighted by molar-refractivity contribution is -0.116. The number of benzene rings is 1. The monoisotopic (exact) mass is 250 g/mol. The van der Waals surface area contributed by atoms with E-state index in [0.717, 1.165) is 5.56 Å². The highest BCUT2D eigenvalue weighted by molar-refractivity contribution is 7.79. The normalized spacial score (nSPS) is 11.3. The highest BCUT2D eigenvalue weighted by Crippen LogP contribution is 2.20. The lowest BCUT2D eigenvalue weighted by atomic mass is 9.87. The van der Waals surface area contributed by atoms with Gasteiger partial charge in [-0.25, -0.2) is 0 Å². The van der Waals surface area contributed by atoms with Crippen LogP contribution in [0.4, 0.5) is 0 Å². The van der Waals surface area contributed by atoms with E-state index >= 15 is 0 Å². The van der Waals surface area contributed by atoms with Crippen molar-refractivity contribution >= 4 is 24.2 Å². The molecule has 0 atom stereocenters. The topological polar surface area (TPSA) is 34.1 Å². The first-order chi connectivity index (χ1) is 7.83. The van der Waals surface area contributed by atoms with Gasteiger partial charge in [-0.15, -0.1) is 0 Å². The van der Waals surface area contributed by atoms with Crippen LogP contribution in [-0.4, -0.2) is 11.6 Å². The minimum atomic E-state index is -0.398. The van der Waals surface area contributed by atoms with Gasteiger partial charge in [0.05, 0.1) is 0 Å². The first-order valence-corrected chi connectivity index (χ1v) is 6.24. The Kier molecular flexibility index (Phi) is 4.52. The van der Waals surface area contributed by atoms with E-state index in [2.05, 4.69) is 12.6 Å². The Morgan fingerprint density at radius 3 is 2.06 bits per heavy atom. The van der Waals surface area contributed by atoms with Gasteiger partial charge in [-0.2, -0.15) is 12.6 Å². The van der Waals surface area contributed by atoms with Crippen LogP contribution in [0.5, 0.6) is 0 Å². The minimum Gasteiger partial charge on any atom is -0.290 e. The van der Waals surface area contributed by atoms with Gasteiger partial charge in [0.1, 0.15) is 0 Å². The van der Waals surface area contributed by atoms with Crippen molar-refractivity contribution in [3.05, 3.63) is 35.4 Å². The molecule has 0 fully saturated rings. The summed E-state index contributed by atoms with van der Waals surface area (Å²) < 4.78 is 0. The number of rotatable bonds is 4. The summed E-state index contributed by atoms with van der Waals surface area (Å²) in [4.78, 5) is 23.6. The summed E-state index contributed by atoms with van der Waals surface area (Å²) >= 11 is 4.14.